The largest absolute Gasteiger partial charge is 0.393 e. The Morgan fingerprint density at radius 1 is 0.875 bits per heavy atom. The zero-order chi connectivity index (χ0) is 12.6. The summed E-state index contributed by atoms with van der Waals surface area (Å²) in [6, 6.07) is 0. The first-order chi connectivity index (χ1) is 7.49. The van der Waals surface area contributed by atoms with Gasteiger partial charge in [0.15, 0.2) is 6.29 Å². The van der Waals surface area contributed by atoms with E-state index in [0.717, 1.165) is 12.8 Å². The predicted molar refractivity (Wildman–Crippen MR) is 62.8 cm³/mol. The molecule has 0 aliphatic carbocycles. The second-order valence-corrected chi connectivity index (χ2v) is 4.57. The van der Waals surface area contributed by atoms with E-state index in [2.05, 4.69) is 0 Å². The van der Waals surface area contributed by atoms with Gasteiger partial charge < -0.3 is 20.4 Å². The van der Waals surface area contributed by atoms with Gasteiger partial charge in [-0.1, -0.05) is 19.8 Å². The Hall–Kier alpha value is -0.160. The van der Waals surface area contributed by atoms with Crippen molar-refractivity contribution >= 4 is 0 Å². The Labute approximate surface area is 97.9 Å². The van der Waals surface area contributed by atoms with Gasteiger partial charge in [0.25, 0.3) is 0 Å². The zero-order valence-corrected chi connectivity index (χ0v) is 10.3. The molecule has 0 aliphatic heterocycles. The molecular weight excluding hydrogens is 208 g/mol. The molecule has 0 amide bonds. The number of rotatable bonds is 9. The molecule has 0 aromatic rings. The van der Waals surface area contributed by atoms with Crippen molar-refractivity contribution in [2.24, 2.45) is 5.92 Å². The smallest absolute Gasteiger partial charge is 0.156 e. The van der Waals surface area contributed by atoms with E-state index in [4.69, 9.17) is 15.3 Å². The van der Waals surface area contributed by atoms with Gasteiger partial charge in [-0.2, -0.15) is 0 Å². The molecule has 0 bridgehead atoms. The van der Waals surface area contributed by atoms with Gasteiger partial charge in [0.05, 0.1) is 12.2 Å². The third-order valence-electron chi connectivity index (χ3n) is 2.89. The lowest BCUT2D eigenvalue weighted by Gasteiger charge is -2.24. The molecule has 16 heavy (non-hydrogen) atoms. The summed E-state index contributed by atoms with van der Waals surface area (Å²) in [6.07, 6.45) is 1.84. The minimum absolute atomic E-state index is 0.361. The minimum Gasteiger partial charge on any atom is -0.393 e. The molecule has 0 heterocycles. The van der Waals surface area contributed by atoms with Crippen LogP contribution in [-0.2, 0) is 0 Å². The van der Waals surface area contributed by atoms with Crippen molar-refractivity contribution in [3.8, 4) is 0 Å². The molecule has 0 saturated heterocycles. The molecule has 0 spiro atoms. The van der Waals surface area contributed by atoms with Crippen LogP contribution in [0.15, 0.2) is 0 Å². The fraction of sp³-hybridized carbons (Fsp3) is 1.00. The van der Waals surface area contributed by atoms with Crippen LogP contribution in [0.25, 0.3) is 0 Å². The number of hydrogen-bond donors (Lipinski definition) is 4. The first-order valence-corrected chi connectivity index (χ1v) is 6.21. The molecular formula is C12H26O4. The van der Waals surface area contributed by atoms with Gasteiger partial charge >= 0.3 is 0 Å². The molecule has 0 aliphatic rings. The van der Waals surface area contributed by atoms with Crippen LogP contribution in [0.3, 0.4) is 0 Å². The molecule has 4 heteroatoms. The second-order valence-electron chi connectivity index (χ2n) is 4.57. The number of aliphatic hydroxyl groups excluding tert-OH is 3. The van der Waals surface area contributed by atoms with Crippen LogP contribution in [-0.4, -0.2) is 38.9 Å². The van der Waals surface area contributed by atoms with E-state index in [0.29, 0.717) is 25.7 Å². The van der Waals surface area contributed by atoms with Gasteiger partial charge in [-0.25, -0.2) is 0 Å². The van der Waals surface area contributed by atoms with Crippen molar-refractivity contribution in [1.82, 2.24) is 0 Å². The Morgan fingerprint density at radius 3 is 1.94 bits per heavy atom. The molecule has 0 aromatic carbocycles. The molecule has 3 atom stereocenters. The van der Waals surface area contributed by atoms with E-state index in [1.807, 2.05) is 6.92 Å². The first kappa shape index (κ1) is 15.8. The molecule has 3 unspecified atom stereocenters. The van der Waals surface area contributed by atoms with Gasteiger partial charge in [-0.3, -0.25) is 0 Å². The van der Waals surface area contributed by atoms with Crippen molar-refractivity contribution in [3.05, 3.63) is 0 Å². The maximum atomic E-state index is 9.82. The molecule has 0 aromatic heterocycles. The highest BCUT2D eigenvalue weighted by Crippen LogP contribution is 2.20. The summed E-state index contributed by atoms with van der Waals surface area (Å²) >= 11 is 0. The van der Waals surface area contributed by atoms with Gasteiger partial charge in [-0.15, -0.1) is 0 Å². The quantitative estimate of drug-likeness (QED) is 0.449. The normalized spacial score (nSPS) is 17.4. The fourth-order valence-corrected chi connectivity index (χ4v) is 1.82. The van der Waals surface area contributed by atoms with Crippen LogP contribution >= 0.6 is 0 Å². The molecule has 4 N–H and O–H groups in total. The zero-order valence-electron chi connectivity index (χ0n) is 10.3. The van der Waals surface area contributed by atoms with Crippen LogP contribution in [0.2, 0.25) is 0 Å². The SMILES string of the molecule is CCCCC(C(O)O)C(O)CCCC(C)O. The van der Waals surface area contributed by atoms with Crippen LogP contribution in [0, 0.1) is 5.92 Å². The van der Waals surface area contributed by atoms with E-state index >= 15 is 0 Å². The Bertz CT molecular complexity index is 159. The third kappa shape index (κ3) is 7.17. The topological polar surface area (TPSA) is 80.9 Å². The molecule has 0 fully saturated rings. The van der Waals surface area contributed by atoms with Crippen LogP contribution in [0.5, 0.6) is 0 Å². The summed E-state index contributed by atoms with van der Waals surface area (Å²) in [5, 5.41) is 37.2. The van der Waals surface area contributed by atoms with E-state index in [1.165, 1.54) is 0 Å². The average Bonchev–Trinajstić information content (AvgIpc) is 2.17. The van der Waals surface area contributed by atoms with Crippen molar-refractivity contribution in [2.45, 2.75) is 70.9 Å². The Kier molecular flexibility index (Phi) is 8.84. The third-order valence-corrected chi connectivity index (χ3v) is 2.89. The van der Waals surface area contributed by atoms with Gasteiger partial charge in [0, 0.05) is 5.92 Å². The number of unbranched alkanes of at least 4 members (excludes halogenated alkanes) is 1. The highest BCUT2D eigenvalue weighted by Gasteiger charge is 2.24. The summed E-state index contributed by atoms with van der Waals surface area (Å²) in [4.78, 5) is 0. The van der Waals surface area contributed by atoms with Gasteiger partial charge in [0.2, 0.25) is 0 Å². The standard InChI is InChI=1S/C12H26O4/c1-3-4-7-10(12(15)16)11(14)8-5-6-9(2)13/h9-16H,3-8H2,1-2H3. The second kappa shape index (κ2) is 8.93. The van der Waals surface area contributed by atoms with Crippen molar-refractivity contribution in [3.63, 3.8) is 0 Å². The lowest BCUT2D eigenvalue weighted by molar-refractivity contribution is -0.122. The number of aliphatic hydroxyl groups is 4. The van der Waals surface area contributed by atoms with Gasteiger partial charge in [-0.05, 0) is 32.6 Å². The van der Waals surface area contributed by atoms with Crippen molar-refractivity contribution < 1.29 is 20.4 Å². The highest BCUT2D eigenvalue weighted by atomic mass is 16.5. The molecule has 4 nitrogen and oxygen atoms in total. The average molecular weight is 234 g/mol. The summed E-state index contributed by atoms with van der Waals surface area (Å²) in [6.45, 7) is 3.74. The Morgan fingerprint density at radius 2 is 1.50 bits per heavy atom. The predicted octanol–water partition coefficient (Wildman–Crippen LogP) is 1.02. The van der Waals surface area contributed by atoms with Crippen molar-refractivity contribution in [1.29, 1.82) is 0 Å². The molecule has 0 saturated carbocycles. The summed E-state index contributed by atoms with van der Waals surface area (Å²) in [5.74, 6) is -0.464. The van der Waals surface area contributed by atoms with Gasteiger partial charge in [0.1, 0.15) is 0 Å². The highest BCUT2D eigenvalue weighted by molar-refractivity contribution is 4.71. The van der Waals surface area contributed by atoms with Crippen LogP contribution in [0.1, 0.15) is 52.4 Å². The molecule has 98 valence electrons. The van der Waals surface area contributed by atoms with Crippen molar-refractivity contribution in [2.75, 3.05) is 0 Å². The lowest BCUT2D eigenvalue weighted by Crippen LogP contribution is -2.31. The molecule has 0 radical (unpaired) electrons. The first-order valence-electron chi connectivity index (χ1n) is 6.21. The maximum absolute atomic E-state index is 9.82. The molecule has 0 rings (SSSR count). The van der Waals surface area contributed by atoms with E-state index in [1.54, 1.807) is 6.92 Å². The lowest BCUT2D eigenvalue weighted by atomic mass is 9.91. The monoisotopic (exact) mass is 234 g/mol. The summed E-state index contributed by atoms with van der Waals surface area (Å²) < 4.78 is 0. The van der Waals surface area contributed by atoms with Crippen LogP contribution < -0.4 is 0 Å². The number of hydrogen-bond acceptors (Lipinski definition) is 4. The van der Waals surface area contributed by atoms with E-state index in [-0.39, 0.29) is 6.10 Å². The summed E-state index contributed by atoms with van der Waals surface area (Å²) in [7, 11) is 0. The van der Waals surface area contributed by atoms with Crippen LogP contribution in [0.4, 0.5) is 0 Å². The minimum atomic E-state index is -1.45. The Balaban J connectivity index is 3.91. The van der Waals surface area contributed by atoms with E-state index in [9.17, 15) is 5.11 Å². The van der Waals surface area contributed by atoms with E-state index < -0.39 is 18.3 Å². The fourth-order valence-electron chi connectivity index (χ4n) is 1.82. The maximum Gasteiger partial charge on any atom is 0.156 e. The summed E-state index contributed by atoms with van der Waals surface area (Å²) in [5.41, 5.74) is 0.